The number of aromatic nitrogens is 1. The second-order valence-corrected chi connectivity index (χ2v) is 5.08. The van der Waals surface area contributed by atoms with Gasteiger partial charge in [-0.25, -0.2) is 8.78 Å². The van der Waals surface area contributed by atoms with E-state index in [-0.39, 0.29) is 0 Å². The fraction of sp³-hybridized carbons (Fsp3) is 0.294. The van der Waals surface area contributed by atoms with Crippen molar-refractivity contribution >= 4 is 0 Å². The molecule has 0 radical (unpaired) electrons. The molecular weight excluding hydrogens is 286 g/mol. The summed E-state index contributed by atoms with van der Waals surface area (Å²) in [5, 5.41) is 8.94. The largest absolute Gasteiger partial charge is 0.486 e. The zero-order chi connectivity index (χ0) is 16.2. The minimum Gasteiger partial charge on any atom is -0.486 e. The van der Waals surface area contributed by atoms with Crippen molar-refractivity contribution in [3.8, 4) is 23.1 Å². The van der Waals surface area contributed by atoms with Crippen LogP contribution in [-0.4, -0.2) is 17.5 Å². The Balaban J connectivity index is 2.22. The number of halogens is 2. The first kappa shape index (κ1) is 15.9. The molecule has 0 fully saturated rings. The van der Waals surface area contributed by atoms with Gasteiger partial charge in [-0.15, -0.1) is 0 Å². The predicted octanol–water partition coefficient (Wildman–Crippen LogP) is 4.22. The highest BCUT2D eigenvalue weighted by Gasteiger charge is 2.22. The van der Waals surface area contributed by atoms with E-state index >= 15 is 0 Å². The number of nitriles is 1. The normalized spacial score (nSPS) is 11.0. The zero-order valence-electron chi connectivity index (χ0n) is 12.4. The molecule has 0 saturated carbocycles. The number of rotatable bonds is 5. The molecule has 5 heteroatoms. The molecule has 22 heavy (non-hydrogen) atoms. The minimum absolute atomic E-state index is 0.303. The van der Waals surface area contributed by atoms with Gasteiger partial charge in [-0.05, 0) is 36.2 Å². The first-order valence-corrected chi connectivity index (χ1v) is 6.93. The summed E-state index contributed by atoms with van der Waals surface area (Å²) in [5.41, 5.74) is 3.26. The van der Waals surface area contributed by atoms with Crippen LogP contribution in [0.25, 0.3) is 11.3 Å². The molecule has 1 aromatic heterocycles. The molecule has 0 saturated heterocycles. The number of pyridine rings is 1. The Bertz CT molecular complexity index is 685. The molecule has 1 aromatic carbocycles. The average Bonchev–Trinajstić information content (AvgIpc) is 2.52. The Labute approximate surface area is 128 Å². The molecule has 0 N–H and O–H groups in total. The van der Waals surface area contributed by atoms with Crippen LogP contribution in [0.5, 0.6) is 5.75 Å². The smallest absolute Gasteiger partial charge is 0.278 e. The van der Waals surface area contributed by atoms with Crippen molar-refractivity contribution in [1.29, 1.82) is 5.26 Å². The predicted molar refractivity (Wildman–Crippen MR) is 79.9 cm³/mol. The monoisotopic (exact) mass is 302 g/mol. The molecule has 3 nitrogen and oxygen atoms in total. The number of aryl methyl sites for hydroxylation is 1. The summed E-state index contributed by atoms with van der Waals surface area (Å²) in [6.45, 7) is 2.13. The lowest BCUT2D eigenvalue weighted by molar-refractivity contribution is -0.0230. The summed E-state index contributed by atoms with van der Waals surface area (Å²) < 4.78 is 30.5. The average molecular weight is 302 g/mol. The molecule has 0 aliphatic rings. The molecular formula is C17H16F2N2O. The van der Waals surface area contributed by atoms with Gasteiger partial charge in [0.05, 0.1) is 23.5 Å². The Hall–Kier alpha value is -2.48. The number of benzene rings is 1. The van der Waals surface area contributed by atoms with Crippen molar-refractivity contribution in [1.82, 2.24) is 4.98 Å². The van der Waals surface area contributed by atoms with Gasteiger partial charge in [-0.2, -0.15) is 5.26 Å². The van der Waals surface area contributed by atoms with Gasteiger partial charge in [-0.1, -0.05) is 13.0 Å². The van der Waals surface area contributed by atoms with Crippen LogP contribution in [-0.2, 0) is 6.42 Å². The Kier molecular flexibility index (Phi) is 4.71. The van der Waals surface area contributed by atoms with E-state index in [4.69, 9.17) is 10.00 Å². The quantitative estimate of drug-likeness (QED) is 0.831. The lowest BCUT2D eigenvalue weighted by Gasteiger charge is -2.12. The van der Waals surface area contributed by atoms with Crippen LogP contribution < -0.4 is 4.74 Å². The van der Waals surface area contributed by atoms with Gasteiger partial charge in [-0.3, -0.25) is 4.98 Å². The van der Waals surface area contributed by atoms with E-state index in [9.17, 15) is 8.78 Å². The molecule has 0 bridgehead atoms. The Morgan fingerprint density at radius 2 is 2.05 bits per heavy atom. The van der Waals surface area contributed by atoms with Crippen molar-refractivity contribution in [2.75, 3.05) is 6.61 Å². The summed E-state index contributed by atoms with van der Waals surface area (Å²) >= 11 is 0. The van der Waals surface area contributed by atoms with Gasteiger partial charge >= 0.3 is 0 Å². The van der Waals surface area contributed by atoms with Crippen molar-refractivity contribution in [3.05, 3.63) is 47.7 Å². The molecule has 0 spiro atoms. The van der Waals surface area contributed by atoms with Crippen LogP contribution in [0, 0.1) is 11.3 Å². The van der Waals surface area contributed by atoms with Crippen LogP contribution in [0.15, 0.2) is 36.5 Å². The number of ether oxygens (including phenoxy) is 1. The standard InChI is InChI=1S/C17H16F2N2O/c1-3-13-8-12(9-20)4-6-15(13)16-7-5-14(10-21-16)22-11-17(2,18)19/h4-8,10H,3,11H2,1-2H3. The Morgan fingerprint density at radius 1 is 1.27 bits per heavy atom. The fourth-order valence-electron chi connectivity index (χ4n) is 2.04. The first-order chi connectivity index (χ1) is 10.4. The summed E-state index contributed by atoms with van der Waals surface area (Å²) in [7, 11) is 0. The highest BCUT2D eigenvalue weighted by atomic mass is 19.3. The second kappa shape index (κ2) is 6.52. The molecule has 0 unspecified atom stereocenters. The van der Waals surface area contributed by atoms with Crippen LogP contribution in [0.3, 0.4) is 0 Å². The fourth-order valence-corrected chi connectivity index (χ4v) is 2.04. The minimum atomic E-state index is -2.87. The number of hydrogen-bond donors (Lipinski definition) is 0. The lowest BCUT2D eigenvalue weighted by atomic mass is 9.99. The van der Waals surface area contributed by atoms with E-state index in [1.54, 1.807) is 18.2 Å². The Morgan fingerprint density at radius 3 is 2.59 bits per heavy atom. The van der Waals surface area contributed by atoms with E-state index < -0.39 is 12.5 Å². The SMILES string of the molecule is CCc1cc(C#N)ccc1-c1ccc(OCC(C)(F)F)cn1. The van der Waals surface area contributed by atoms with E-state index in [2.05, 4.69) is 11.1 Å². The first-order valence-electron chi connectivity index (χ1n) is 6.93. The molecule has 2 aromatic rings. The molecule has 0 aliphatic carbocycles. The van der Waals surface area contributed by atoms with Gasteiger partial charge in [0.15, 0.2) is 6.61 Å². The van der Waals surface area contributed by atoms with Gasteiger partial charge in [0, 0.05) is 12.5 Å². The maximum atomic E-state index is 12.8. The van der Waals surface area contributed by atoms with Gasteiger partial charge in [0.1, 0.15) is 5.75 Å². The van der Waals surface area contributed by atoms with Crippen LogP contribution >= 0.6 is 0 Å². The molecule has 114 valence electrons. The summed E-state index contributed by atoms with van der Waals surface area (Å²) in [4.78, 5) is 4.26. The van der Waals surface area contributed by atoms with E-state index in [1.165, 1.54) is 6.20 Å². The number of nitrogens with zero attached hydrogens (tertiary/aromatic N) is 2. The summed E-state index contributed by atoms with van der Waals surface area (Å²) in [6.07, 6.45) is 2.20. The maximum absolute atomic E-state index is 12.8. The molecule has 1 heterocycles. The topological polar surface area (TPSA) is 45.9 Å². The van der Waals surface area contributed by atoms with E-state index in [0.717, 1.165) is 30.2 Å². The molecule has 0 amide bonds. The molecule has 0 atom stereocenters. The zero-order valence-corrected chi connectivity index (χ0v) is 12.4. The van der Waals surface area contributed by atoms with E-state index in [1.807, 2.05) is 19.1 Å². The third-order valence-corrected chi connectivity index (χ3v) is 3.12. The summed E-state index contributed by atoms with van der Waals surface area (Å²) in [5.74, 6) is -2.57. The van der Waals surface area contributed by atoms with Crippen LogP contribution in [0.4, 0.5) is 8.78 Å². The number of hydrogen-bond acceptors (Lipinski definition) is 3. The van der Waals surface area contributed by atoms with Crippen molar-refractivity contribution in [3.63, 3.8) is 0 Å². The van der Waals surface area contributed by atoms with Gasteiger partial charge in [0.25, 0.3) is 5.92 Å². The van der Waals surface area contributed by atoms with Gasteiger partial charge < -0.3 is 4.74 Å². The number of alkyl halides is 2. The highest BCUT2D eigenvalue weighted by molar-refractivity contribution is 5.65. The maximum Gasteiger partial charge on any atom is 0.278 e. The van der Waals surface area contributed by atoms with Crippen LogP contribution in [0.2, 0.25) is 0 Å². The van der Waals surface area contributed by atoms with E-state index in [0.29, 0.717) is 11.3 Å². The van der Waals surface area contributed by atoms with Crippen molar-refractivity contribution < 1.29 is 13.5 Å². The lowest BCUT2D eigenvalue weighted by Crippen LogP contribution is -2.20. The molecule has 0 aliphatic heterocycles. The van der Waals surface area contributed by atoms with Crippen molar-refractivity contribution in [2.24, 2.45) is 0 Å². The molecule has 2 rings (SSSR count). The van der Waals surface area contributed by atoms with Crippen molar-refractivity contribution in [2.45, 2.75) is 26.2 Å². The third-order valence-electron chi connectivity index (χ3n) is 3.12. The third kappa shape index (κ3) is 4.01. The highest BCUT2D eigenvalue weighted by Crippen LogP contribution is 2.25. The van der Waals surface area contributed by atoms with Gasteiger partial charge in [0.2, 0.25) is 0 Å². The van der Waals surface area contributed by atoms with Crippen LogP contribution in [0.1, 0.15) is 25.0 Å². The summed E-state index contributed by atoms with van der Waals surface area (Å²) in [6, 6.07) is 10.9. The second-order valence-electron chi connectivity index (χ2n) is 5.08.